The monoisotopic (exact) mass is 241 g/mol. The van der Waals surface area contributed by atoms with Crippen LogP contribution in [0.1, 0.15) is 10.4 Å². The van der Waals surface area contributed by atoms with Crippen molar-refractivity contribution in [3.8, 4) is 0 Å². The van der Waals surface area contributed by atoms with Crippen LogP contribution in [0.15, 0.2) is 24.3 Å². The van der Waals surface area contributed by atoms with Crippen molar-refractivity contribution in [2.75, 3.05) is 10.6 Å². The predicted octanol–water partition coefficient (Wildman–Crippen LogP) is 1.83. The molecule has 4 heteroatoms. The Hall–Kier alpha value is -1.16. The first-order valence-electron chi connectivity index (χ1n) is 3.67. The Labute approximate surface area is 84.3 Å². The van der Waals surface area contributed by atoms with Gasteiger partial charge in [-0.15, -0.1) is 0 Å². The molecule has 0 aromatic heterocycles. The quantitative estimate of drug-likeness (QED) is 0.497. The molecular weight excluding hydrogens is 234 g/mol. The Morgan fingerprint density at radius 2 is 2.31 bits per heavy atom. The molecule has 0 heterocycles. The molecule has 68 valence electrons. The zero-order chi connectivity index (χ0) is 9.68. The maximum Gasteiger partial charge on any atom is 0.211 e. The highest BCUT2D eigenvalue weighted by Crippen LogP contribution is 2.10. The maximum atomic E-state index is 11.2. The van der Waals surface area contributed by atoms with Crippen LogP contribution in [0.5, 0.6) is 0 Å². The Morgan fingerprint density at radius 1 is 1.54 bits per heavy atom. The van der Waals surface area contributed by atoms with Gasteiger partial charge in [0.1, 0.15) is 0 Å². The number of benzene rings is 1. The van der Waals surface area contributed by atoms with Crippen molar-refractivity contribution in [1.82, 2.24) is 0 Å². The highest BCUT2D eigenvalue weighted by Gasteiger charge is 2.03. The largest absolute Gasteiger partial charge is 0.329 e. The van der Waals surface area contributed by atoms with Gasteiger partial charge >= 0.3 is 0 Å². The van der Waals surface area contributed by atoms with Crippen molar-refractivity contribution in [3.63, 3.8) is 0 Å². The van der Waals surface area contributed by atoms with Crippen LogP contribution in [0.3, 0.4) is 0 Å². The van der Waals surface area contributed by atoms with E-state index in [-0.39, 0.29) is 11.1 Å². The smallest absolute Gasteiger partial charge is 0.211 e. The van der Waals surface area contributed by atoms with E-state index >= 15 is 0 Å². The van der Waals surface area contributed by atoms with Crippen molar-refractivity contribution in [2.24, 2.45) is 0 Å². The summed E-state index contributed by atoms with van der Waals surface area (Å²) in [6, 6.07) is 6.79. The highest BCUT2D eigenvalue weighted by atomic mass is 79.9. The minimum absolute atomic E-state index is 0.00505. The second-order valence-electron chi connectivity index (χ2n) is 2.40. The summed E-state index contributed by atoms with van der Waals surface area (Å²) < 4.78 is 0. The average Bonchev–Trinajstić information content (AvgIpc) is 2.18. The summed E-state index contributed by atoms with van der Waals surface area (Å²) in [6.07, 6.45) is 0.581. The number of amides is 1. The molecule has 0 aliphatic heterocycles. The van der Waals surface area contributed by atoms with Crippen LogP contribution in [0.25, 0.3) is 0 Å². The first-order valence-corrected chi connectivity index (χ1v) is 4.79. The van der Waals surface area contributed by atoms with E-state index < -0.39 is 0 Å². The molecule has 1 amide bonds. The third-order valence-corrected chi connectivity index (χ3v) is 2.04. The number of halogens is 1. The number of Topliss-reactive ketones (excluding diaryl/α,β-unsaturated/α-hetero) is 1. The molecule has 0 fully saturated rings. The number of alkyl halides is 1. The van der Waals surface area contributed by atoms with Gasteiger partial charge in [0.25, 0.3) is 0 Å². The van der Waals surface area contributed by atoms with Crippen molar-refractivity contribution in [3.05, 3.63) is 29.8 Å². The molecule has 1 rings (SSSR count). The molecule has 1 aromatic rings. The molecular formula is C9H8BrNO2. The van der Waals surface area contributed by atoms with Gasteiger partial charge in [0, 0.05) is 11.3 Å². The van der Waals surface area contributed by atoms with Gasteiger partial charge in [0.2, 0.25) is 6.41 Å². The molecule has 1 N–H and O–H groups in total. The zero-order valence-corrected chi connectivity index (χ0v) is 8.37. The van der Waals surface area contributed by atoms with E-state index in [0.29, 0.717) is 17.7 Å². The number of carbonyl (C=O) groups excluding carboxylic acids is 2. The number of ketones is 1. The number of rotatable bonds is 4. The van der Waals surface area contributed by atoms with E-state index in [2.05, 4.69) is 21.2 Å². The summed E-state index contributed by atoms with van der Waals surface area (Å²) in [5.74, 6) is -0.00505. The van der Waals surface area contributed by atoms with E-state index in [1.165, 1.54) is 0 Å². The molecule has 1 aromatic carbocycles. The summed E-state index contributed by atoms with van der Waals surface area (Å²) >= 11 is 3.08. The normalized spacial score (nSPS) is 9.31. The second kappa shape index (κ2) is 4.77. The summed E-state index contributed by atoms with van der Waals surface area (Å²) in [6.45, 7) is 0. The van der Waals surface area contributed by atoms with E-state index in [1.807, 2.05) is 0 Å². The predicted molar refractivity (Wildman–Crippen MR) is 54.3 cm³/mol. The summed E-state index contributed by atoms with van der Waals surface area (Å²) in [5, 5.41) is 2.77. The third kappa shape index (κ3) is 2.66. The second-order valence-corrected chi connectivity index (χ2v) is 2.96. The Bertz CT molecular complexity index is 325. The van der Waals surface area contributed by atoms with E-state index in [0.717, 1.165) is 0 Å². The van der Waals surface area contributed by atoms with Gasteiger partial charge in [-0.1, -0.05) is 28.1 Å². The van der Waals surface area contributed by atoms with Crippen molar-refractivity contribution in [1.29, 1.82) is 0 Å². The number of hydrogen-bond acceptors (Lipinski definition) is 2. The minimum atomic E-state index is -0.00505. The van der Waals surface area contributed by atoms with Crippen LogP contribution in [0, 0.1) is 0 Å². The molecule has 0 aliphatic rings. The minimum Gasteiger partial charge on any atom is -0.329 e. The lowest BCUT2D eigenvalue weighted by Gasteiger charge is -2.00. The van der Waals surface area contributed by atoms with Gasteiger partial charge < -0.3 is 5.32 Å². The summed E-state index contributed by atoms with van der Waals surface area (Å²) in [5.41, 5.74) is 1.21. The maximum absolute atomic E-state index is 11.2. The Morgan fingerprint density at radius 3 is 2.92 bits per heavy atom. The number of anilines is 1. The average molecular weight is 242 g/mol. The van der Waals surface area contributed by atoms with Crippen LogP contribution < -0.4 is 5.32 Å². The van der Waals surface area contributed by atoms with Gasteiger partial charge in [0.15, 0.2) is 5.78 Å². The number of hydrogen-bond donors (Lipinski definition) is 1. The fourth-order valence-electron chi connectivity index (χ4n) is 0.928. The standard InChI is InChI=1S/C9H8BrNO2/c10-5-9(13)7-2-1-3-8(4-7)11-6-12/h1-4,6H,5H2,(H,11,12). The van der Waals surface area contributed by atoms with Gasteiger partial charge in [-0.05, 0) is 12.1 Å². The first kappa shape index (κ1) is 9.92. The van der Waals surface area contributed by atoms with Crippen LogP contribution in [-0.2, 0) is 4.79 Å². The molecule has 0 spiro atoms. The molecule has 0 unspecified atom stereocenters. The first-order chi connectivity index (χ1) is 6.27. The third-order valence-electron chi connectivity index (χ3n) is 1.53. The molecule has 0 radical (unpaired) electrons. The lowest BCUT2D eigenvalue weighted by atomic mass is 10.1. The van der Waals surface area contributed by atoms with E-state index in [1.54, 1.807) is 24.3 Å². The van der Waals surface area contributed by atoms with Crippen molar-refractivity contribution < 1.29 is 9.59 Å². The Kier molecular flexibility index (Phi) is 3.64. The lowest BCUT2D eigenvalue weighted by Crippen LogP contribution is -2.01. The topological polar surface area (TPSA) is 46.2 Å². The Balaban J connectivity index is 2.90. The molecule has 0 aliphatic carbocycles. The van der Waals surface area contributed by atoms with Gasteiger partial charge in [-0.2, -0.15) is 0 Å². The lowest BCUT2D eigenvalue weighted by molar-refractivity contribution is -0.105. The van der Waals surface area contributed by atoms with Crippen molar-refractivity contribution in [2.45, 2.75) is 0 Å². The van der Waals surface area contributed by atoms with E-state index in [9.17, 15) is 9.59 Å². The van der Waals surface area contributed by atoms with Crippen LogP contribution >= 0.6 is 15.9 Å². The van der Waals surface area contributed by atoms with Gasteiger partial charge in [-0.3, -0.25) is 9.59 Å². The van der Waals surface area contributed by atoms with Gasteiger partial charge in [0.05, 0.1) is 5.33 Å². The van der Waals surface area contributed by atoms with Crippen LogP contribution in [0.4, 0.5) is 5.69 Å². The number of nitrogens with one attached hydrogen (secondary N) is 1. The van der Waals surface area contributed by atoms with E-state index in [4.69, 9.17) is 0 Å². The fourth-order valence-corrected chi connectivity index (χ4v) is 1.25. The molecule has 0 saturated heterocycles. The SMILES string of the molecule is O=CNc1cccc(C(=O)CBr)c1. The van der Waals surface area contributed by atoms with Crippen molar-refractivity contribution >= 4 is 33.8 Å². The van der Waals surface area contributed by atoms with Crippen LogP contribution in [-0.4, -0.2) is 17.5 Å². The molecule has 0 atom stereocenters. The zero-order valence-electron chi connectivity index (χ0n) is 6.79. The van der Waals surface area contributed by atoms with Gasteiger partial charge in [-0.25, -0.2) is 0 Å². The highest BCUT2D eigenvalue weighted by molar-refractivity contribution is 9.09. The molecule has 0 saturated carbocycles. The number of carbonyl (C=O) groups is 2. The summed E-state index contributed by atoms with van der Waals surface area (Å²) in [7, 11) is 0. The molecule has 0 bridgehead atoms. The molecule has 13 heavy (non-hydrogen) atoms. The van der Waals surface area contributed by atoms with Crippen LogP contribution in [0.2, 0.25) is 0 Å². The fraction of sp³-hybridized carbons (Fsp3) is 0.111. The molecule has 3 nitrogen and oxygen atoms in total. The summed E-state index contributed by atoms with van der Waals surface area (Å²) in [4.78, 5) is 21.3.